The van der Waals surface area contributed by atoms with Crippen molar-refractivity contribution in [2.45, 2.75) is 19.9 Å². The second-order valence-electron chi connectivity index (χ2n) is 4.03. The van der Waals surface area contributed by atoms with Crippen molar-refractivity contribution < 1.29 is 9.47 Å². The molecule has 0 bridgehead atoms. The third kappa shape index (κ3) is 8.21. The van der Waals surface area contributed by atoms with Gasteiger partial charge in [0.2, 0.25) is 0 Å². The highest BCUT2D eigenvalue weighted by Crippen LogP contribution is 2.11. The van der Waals surface area contributed by atoms with Gasteiger partial charge in [-0.05, 0) is 31.0 Å². The molecule has 0 spiro atoms. The van der Waals surface area contributed by atoms with Crippen LogP contribution in [-0.4, -0.2) is 32.8 Å². The highest BCUT2D eigenvalue weighted by molar-refractivity contribution is 14.0. The molecule has 5 nitrogen and oxygen atoms in total. The molecule has 0 aromatic heterocycles. The quantitative estimate of drug-likeness (QED) is 0.307. The molecule has 0 radical (unpaired) electrons. The largest absolute Gasteiger partial charge is 0.497 e. The van der Waals surface area contributed by atoms with Crippen molar-refractivity contribution >= 4 is 29.9 Å². The highest BCUT2D eigenvalue weighted by atomic mass is 127. The lowest BCUT2D eigenvalue weighted by molar-refractivity contribution is 0.145. The van der Waals surface area contributed by atoms with E-state index in [0.717, 1.165) is 37.5 Å². The van der Waals surface area contributed by atoms with Gasteiger partial charge >= 0.3 is 0 Å². The van der Waals surface area contributed by atoms with E-state index in [1.807, 2.05) is 31.2 Å². The average Bonchev–Trinajstić information content (AvgIpc) is 2.45. The van der Waals surface area contributed by atoms with Gasteiger partial charge in [0.05, 0.1) is 13.7 Å². The first-order chi connectivity index (χ1) is 9.26. The van der Waals surface area contributed by atoms with Crippen LogP contribution in [0, 0.1) is 0 Å². The molecule has 0 unspecified atom stereocenters. The topological polar surface area (TPSA) is 68.9 Å². The molecule has 0 atom stereocenters. The first-order valence-electron chi connectivity index (χ1n) is 6.50. The van der Waals surface area contributed by atoms with E-state index in [1.165, 1.54) is 0 Å². The summed E-state index contributed by atoms with van der Waals surface area (Å²) in [7, 11) is 1.65. The van der Waals surface area contributed by atoms with Crippen LogP contribution in [-0.2, 0) is 11.3 Å². The second kappa shape index (κ2) is 11.8. The van der Waals surface area contributed by atoms with Gasteiger partial charge in [0.15, 0.2) is 5.96 Å². The molecule has 0 heterocycles. The molecule has 0 aliphatic carbocycles. The van der Waals surface area contributed by atoms with Crippen LogP contribution < -0.4 is 15.8 Å². The number of ether oxygens (including phenoxy) is 2. The Hall–Kier alpha value is -1.02. The summed E-state index contributed by atoms with van der Waals surface area (Å²) in [5, 5.41) is 3.06. The number of guanidine groups is 1. The van der Waals surface area contributed by atoms with Crippen LogP contribution in [0.4, 0.5) is 0 Å². The molecule has 20 heavy (non-hydrogen) atoms. The van der Waals surface area contributed by atoms with Crippen molar-refractivity contribution in [3.63, 3.8) is 0 Å². The Bertz CT molecular complexity index is 383. The summed E-state index contributed by atoms with van der Waals surface area (Å²) in [6.07, 6.45) is 0.923. The maximum Gasteiger partial charge on any atom is 0.188 e. The summed E-state index contributed by atoms with van der Waals surface area (Å²) in [5.41, 5.74) is 6.86. The number of benzene rings is 1. The summed E-state index contributed by atoms with van der Waals surface area (Å²) in [6.45, 7) is 4.82. The van der Waals surface area contributed by atoms with E-state index in [9.17, 15) is 0 Å². The molecule has 0 saturated heterocycles. The van der Waals surface area contributed by atoms with Crippen molar-refractivity contribution in [2.24, 2.45) is 10.7 Å². The van der Waals surface area contributed by atoms with Gasteiger partial charge in [0.25, 0.3) is 0 Å². The third-order valence-electron chi connectivity index (χ3n) is 2.57. The second-order valence-corrected chi connectivity index (χ2v) is 4.03. The first-order valence-corrected chi connectivity index (χ1v) is 6.50. The first kappa shape index (κ1) is 19.0. The maximum absolute atomic E-state index is 5.77. The van der Waals surface area contributed by atoms with E-state index in [2.05, 4.69) is 10.3 Å². The predicted octanol–water partition coefficient (Wildman–Crippen LogP) is 2.14. The molecule has 0 aliphatic rings. The maximum atomic E-state index is 5.77. The number of nitrogens with zero attached hydrogens (tertiary/aromatic N) is 1. The number of halogens is 1. The third-order valence-corrected chi connectivity index (χ3v) is 2.57. The number of rotatable bonds is 8. The van der Waals surface area contributed by atoms with Crippen LogP contribution >= 0.6 is 24.0 Å². The monoisotopic (exact) mass is 393 g/mol. The molecule has 1 aromatic rings. The molecular formula is C14H24IN3O2. The zero-order chi connectivity index (χ0) is 13.9. The van der Waals surface area contributed by atoms with E-state index < -0.39 is 0 Å². The smallest absolute Gasteiger partial charge is 0.188 e. The molecule has 3 N–H and O–H groups in total. The number of methoxy groups -OCH3 is 1. The van der Waals surface area contributed by atoms with Crippen LogP contribution in [0.5, 0.6) is 5.75 Å². The van der Waals surface area contributed by atoms with Gasteiger partial charge in [-0.25, -0.2) is 4.99 Å². The minimum absolute atomic E-state index is 0. The molecule has 114 valence electrons. The van der Waals surface area contributed by atoms with Gasteiger partial charge in [-0.3, -0.25) is 0 Å². The standard InChI is InChI=1S/C14H23N3O2.HI/c1-3-19-10-4-9-16-14(15)17-11-12-5-7-13(18-2)8-6-12;/h5-8H,3-4,9-11H2,1-2H3,(H3,15,16,17);1H. The number of nitrogens with one attached hydrogen (secondary N) is 1. The Morgan fingerprint density at radius 1 is 1.30 bits per heavy atom. The number of aliphatic imine (C=N–C) groups is 1. The molecule has 0 saturated carbocycles. The summed E-state index contributed by atoms with van der Waals surface area (Å²) >= 11 is 0. The van der Waals surface area contributed by atoms with E-state index in [0.29, 0.717) is 12.5 Å². The van der Waals surface area contributed by atoms with Crippen molar-refractivity contribution in [1.82, 2.24) is 5.32 Å². The molecular weight excluding hydrogens is 369 g/mol. The van der Waals surface area contributed by atoms with E-state index >= 15 is 0 Å². The molecule has 0 fully saturated rings. The zero-order valence-corrected chi connectivity index (χ0v) is 14.4. The summed E-state index contributed by atoms with van der Waals surface area (Å²) in [6, 6.07) is 7.78. The van der Waals surface area contributed by atoms with Crippen LogP contribution in [0.25, 0.3) is 0 Å². The molecule has 1 aromatic carbocycles. The minimum atomic E-state index is 0. The van der Waals surface area contributed by atoms with Gasteiger partial charge in [-0.1, -0.05) is 12.1 Å². The van der Waals surface area contributed by atoms with Crippen molar-refractivity contribution in [2.75, 3.05) is 26.9 Å². The van der Waals surface area contributed by atoms with Crippen LogP contribution in [0.15, 0.2) is 29.3 Å². The average molecular weight is 393 g/mol. The summed E-state index contributed by atoms with van der Waals surface area (Å²) in [5.74, 6) is 1.31. The van der Waals surface area contributed by atoms with Crippen LogP contribution in [0.1, 0.15) is 18.9 Å². The highest BCUT2D eigenvalue weighted by Gasteiger charge is 1.95. The molecule has 6 heteroatoms. The van der Waals surface area contributed by atoms with Gasteiger partial charge in [-0.2, -0.15) is 0 Å². The summed E-state index contributed by atoms with van der Waals surface area (Å²) in [4.78, 5) is 4.27. The summed E-state index contributed by atoms with van der Waals surface area (Å²) < 4.78 is 10.3. The van der Waals surface area contributed by atoms with Crippen LogP contribution in [0.3, 0.4) is 0 Å². The van der Waals surface area contributed by atoms with Gasteiger partial charge in [0, 0.05) is 19.8 Å². The normalized spacial score (nSPS) is 10.8. The van der Waals surface area contributed by atoms with Crippen molar-refractivity contribution in [3.8, 4) is 5.75 Å². The molecule has 0 amide bonds. The van der Waals surface area contributed by atoms with Crippen molar-refractivity contribution in [3.05, 3.63) is 29.8 Å². The fraction of sp³-hybridized carbons (Fsp3) is 0.500. The lowest BCUT2D eigenvalue weighted by atomic mass is 10.2. The van der Waals surface area contributed by atoms with Gasteiger partial charge in [0.1, 0.15) is 5.75 Å². The lowest BCUT2D eigenvalue weighted by Gasteiger charge is -2.06. The number of nitrogens with two attached hydrogens (primary N) is 1. The van der Waals surface area contributed by atoms with E-state index in [-0.39, 0.29) is 24.0 Å². The number of hydrogen-bond acceptors (Lipinski definition) is 3. The number of hydrogen-bond donors (Lipinski definition) is 2. The fourth-order valence-electron chi connectivity index (χ4n) is 1.50. The van der Waals surface area contributed by atoms with E-state index in [4.69, 9.17) is 15.2 Å². The minimum Gasteiger partial charge on any atom is -0.497 e. The Balaban J connectivity index is 0.00000361. The molecule has 1 rings (SSSR count). The lowest BCUT2D eigenvalue weighted by Crippen LogP contribution is -2.32. The van der Waals surface area contributed by atoms with Gasteiger partial charge in [-0.15, -0.1) is 24.0 Å². The Morgan fingerprint density at radius 3 is 2.60 bits per heavy atom. The van der Waals surface area contributed by atoms with Crippen molar-refractivity contribution in [1.29, 1.82) is 0 Å². The predicted molar refractivity (Wildman–Crippen MR) is 92.8 cm³/mol. The fourth-order valence-corrected chi connectivity index (χ4v) is 1.50. The Kier molecular flexibility index (Phi) is 11.2. The Labute approximate surface area is 138 Å². The van der Waals surface area contributed by atoms with Gasteiger partial charge < -0.3 is 20.5 Å². The molecule has 0 aliphatic heterocycles. The SMILES string of the molecule is CCOCCCNC(N)=NCc1ccc(OC)cc1.I. The zero-order valence-electron chi connectivity index (χ0n) is 12.1. The van der Waals surface area contributed by atoms with E-state index in [1.54, 1.807) is 7.11 Å². The van der Waals surface area contributed by atoms with Crippen LogP contribution in [0.2, 0.25) is 0 Å². The Morgan fingerprint density at radius 2 is 2.00 bits per heavy atom.